The van der Waals surface area contributed by atoms with Crippen LogP contribution in [0.1, 0.15) is 25.8 Å². The van der Waals surface area contributed by atoms with Gasteiger partial charge in [-0.3, -0.25) is 0 Å². The Balaban J connectivity index is 2.86. The van der Waals surface area contributed by atoms with E-state index in [2.05, 4.69) is 31.3 Å². The zero-order valence-corrected chi connectivity index (χ0v) is 11.1. The highest BCUT2D eigenvalue weighted by Crippen LogP contribution is 2.30. The van der Waals surface area contributed by atoms with Gasteiger partial charge in [0.25, 0.3) is 0 Å². The van der Waals surface area contributed by atoms with Crippen molar-refractivity contribution in [3.8, 4) is 0 Å². The lowest BCUT2D eigenvalue weighted by Crippen LogP contribution is -2.06. The molecule has 1 rings (SSSR count). The maximum absolute atomic E-state index is 6.01. The zero-order valence-electron chi connectivity index (χ0n) is 9.51. The molecule has 0 aliphatic rings. The molecule has 1 N–H and O–H groups in total. The van der Waals surface area contributed by atoms with Crippen molar-refractivity contribution in [2.45, 2.75) is 37.0 Å². The lowest BCUT2D eigenvalue weighted by molar-refractivity contribution is 0.801. The van der Waals surface area contributed by atoms with Crippen molar-refractivity contribution in [1.29, 1.82) is 0 Å². The van der Waals surface area contributed by atoms with Crippen LogP contribution in [0.3, 0.4) is 0 Å². The highest BCUT2D eigenvalue weighted by atomic mass is 35.5. The van der Waals surface area contributed by atoms with Crippen LogP contribution in [0, 0.1) is 0 Å². The number of rotatable bonds is 5. The average Bonchev–Trinajstić information content (AvgIpc) is 2.22. The van der Waals surface area contributed by atoms with Gasteiger partial charge in [0.05, 0.1) is 0 Å². The van der Waals surface area contributed by atoms with E-state index in [-0.39, 0.29) is 0 Å². The van der Waals surface area contributed by atoms with Gasteiger partial charge in [-0.2, -0.15) is 0 Å². The molecule has 0 aliphatic carbocycles. The average molecular weight is 244 g/mol. The highest BCUT2D eigenvalue weighted by Gasteiger charge is 2.07. The summed E-state index contributed by atoms with van der Waals surface area (Å²) >= 11 is 7.91. The summed E-state index contributed by atoms with van der Waals surface area (Å²) < 4.78 is 0. The van der Waals surface area contributed by atoms with E-state index in [0.717, 1.165) is 11.6 Å². The first-order valence-corrected chi connectivity index (χ1v) is 6.52. The van der Waals surface area contributed by atoms with Crippen LogP contribution in [0.4, 0.5) is 0 Å². The van der Waals surface area contributed by atoms with E-state index in [4.69, 9.17) is 11.6 Å². The standard InChI is InChI=1S/C12H18ClNS/c1-4-9(2)15-12-7-11(13)6-5-10(12)8-14-3/h5-7,9,14H,4,8H2,1-3H3. The van der Waals surface area contributed by atoms with Crippen LogP contribution in [0.25, 0.3) is 0 Å². The first kappa shape index (κ1) is 12.9. The Hall–Kier alpha value is -0.180. The normalized spacial score (nSPS) is 12.8. The molecule has 0 aromatic heterocycles. The van der Waals surface area contributed by atoms with Gasteiger partial charge in [0.2, 0.25) is 0 Å². The van der Waals surface area contributed by atoms with Crippen molar-refractivity contribution in [1.82, 2.24) is 5.32 Å². The number of hydrogen-bond donors (Lipinski definition) is 1. The Morgan fingerprint density at radius 2 is 2.20 bits per heavy atom. The van der Waals surface area contributed by atoms with Crippen LogP contribution in [-0.4, -0.2) is 12.3 Å². The fourth-order valence-electron chi connectivity index (χ4n) is 1.27. The van der Waals surface area contributed by atoms with Crippen molar-refractivity contribution in [3.05, 3.63) is 28.8 Å². The third kappa shape index (κ3) is 4.06. The van der Waals surface area contributed by atoms with Crippen LogP contribution < -0.4 is 5.32 Å². The molecular formula is C12H18ClNS. The van der Waals surface area contributed by atoms with Crippen molar-refractivity contribution < 1.29 is 0 Å². The Morgan fingerprint density at radius 3 is 2.80 bits per heavy atom. The van der Waals surface area contributed by atoms with Gasteiger partial charge in [-0.1, -0.05) is 31.5 Å². The summed E-state index contributed by atoms with van der Waals surface area (Å²) in [7, 11) is 1.96. The second kappa shape index (κ2) is 6.41. The van der Waals surface area contributed by atoms with E-state index in [0.29, 0.717) is 5.25 Å². The predicted octanol–water partition coefficient (Wildman–Crippen LogP) is 3.95. The molecule has 3 heteroatoms. The van der Waals surface area contributed by atoms with E-state index in [1.54, 1.807) is 0 Å². The Kier molecular flexibility index (Phi) is 5.51. The first-order chi connectivity index (χ1) is 7.17. The number of nitrogens with one attached hydrogen (secondary N) is 1. The molecule has 0 saturated heterocycles. The van der Waals surface area contributed by atoms with Gasteiger partial charge < -0.3 is 5.32 Å². The maximum atomic E-state index is 6.01. The largest absolute Gasteiger partial charge is 0.316 e. The smallest absolute Gasteiger partial charge is 0.0417 e. The molecule has 0 bridgehead atoms. The molecule has 0 amide bonds. The SMILES string of the molecule is CCC(C)Sc1cc(Cl)ccc1CNC. The van der Waals surface area contributed by atoms with Gasteiger partial charge in [0.1, 0.15) is 0 Å². The summed E-state index contributed by atoms with van der Waals surface area (Å²) in [4.78, 5) is 1.30. The third-order valence-corrected chi connectivity index (χ3v) is 3.90. The molecule has 0 heterocycles. The summed E-state index contributed by atoms with van der Waals surface area (Å²) in [6, 6.07) is 6.11. The number of halogens is 1. The fraction of sp³-hybridized carbons (Fsp3) is 0.500. The Bertz CT molecular complexity index is 314. The first-order valence-electron chi connectivity index (χ1n) is 5.27. The zero-order chi connectivity index (χ0) is 11.3. The molecule has 1 atom stereocenters. The maximum Gasteiger partial charge on any atom is 0.0417 e. The molecule has 1 unspecified atom stereocenters. The van der Waals surface area contributed by atoms with Crippen LogP contribution in [0.5, 0.6) is 0 Å². The minimum absolute atomic E-state index is 0.638. The molecule has 0 spiro atoms. The van der Waals surface area contributed by atoms with E-state index >= 15 is 0 Å². The second-order valence-corrected chi connectivity index (χ2v) is 5.54. The molecule has 1 aromatic carbocycles. The van der Waals surface area contributed by atoms with E-state index < -0.39 is 0 Å². The van der Waals surface area contributed by atoms with Crippen molar-refractivity contribution in [3.63, 3.8) is 0 Å². The molecule has 0 saturated carbocycles. The lowest BCUT2D eigenvalue weighted by Gasteiger charge is -2.13. The van der Waals surface area contributed by atoms with E-state index in [9.17, 15) is 0 Å². The fourth-order valence-corrected chi connectivity index (χ4v) is 2.60. The van der Waals surface area contributed by atoms with Gasteiger partial charge >= 0.3 is 0 Å². The molecule has 84 valence electrons. The van der Waals surface area contributed by atoms with Crippen LogP contribution >= 0.6 is 23.4 Å². The summed E-state index contributed by atoms with van der Waals surface area (Å²) in [6.45, 7) is 5.35. The quantitative estimate of drug-likeness (QED) is 0.786. The summed E-state index contributed by atoms with van der Waals surface area (Å²) in [5.41, 5.74) is 1.33. The van der Waals surface area contributed by atoms with Crippen molar-refractivity contribution in [2.24, 2.45) is 0 Å². The third-order valence-electron chi connectivity index (χ3n) is 2.30. The summed E-state index contributed by atoms with van der Waals surface area (Å²) in [5, 5.41) is 4.64. The van der Waals surface area contributed by atoms with Crippen LogP contribution in [0.2, 0.25) is 5.02 Å². The van der Waals surface area contributed by atoms with Crippen LogP contribution in [0.15, 0.2) is 23.1 Å². The Morgan fingerprint density at radius 1 is 1.47 bits per heavy atom. The highest BCUT2D eigenvalue weighted by molar-refractivity contribution is 8.00. The van der Waals surface area contributed by atoms with Gasteiger partial charge in [-0.25, -0.2) is 0 Å². The molecular weight excluding hydrogens is 226 g/mol. The second-order valence-electron chi connectivity index (χ2n) is 3.62. The Labute approximate surface area is 102 Å². The van der Waals surface area contributed by atoms with Gasteiger partial charge in [0.15, 0.2) is 0 Å². The lowest BCUT2D eigenvalue weighted by atomic mass is 10.2. The minimum atomic E-state index is 0.638. The van der Waals surface area contributed by atoms with Crippen LogP contribution in [-0.2, 0) is 6.54 Å². The minimum Gasteiger partial charge on any atom is -0.316 e. The summed E-state index contributed by atoms with van der Waals surface area (Å²) in [5.74, 6) is 0. The van der Waals surface area contributed by atoms with E-state index in [1.165, 1.54) is 16.9 Å². The summed E-state index contributed by atoms with van der Waals surface area (Å²) in [6.07, 6.45) is 1.18. The number of thioether (sulfide) groups is 1. The van der Waals surface area contributed by atoms with Crippen molar-refractivity contribution in [2.75, 3.05) is 7.05 Å². The van der Waals surface area contributed by atoms with Crippen molar-refractivity contribution >= 4 is 23.4 Å². The van der Waals surface area contributed by atoms with Gasteiger partial charge in [0, 0.05) is 21.7 Å². The van der Waals surface area contributed by atoms with Gasteiger partial charge in [-0.05, 0) is 31.2 Å². The topological polar surface area (TPSA) is 12.0 Å². The number of hydrogen-bond acceptors (Lipinski definition) is 2. The predicted molar refractivity (Wildman–Crippen MR) is 69.8 cm³/mol. The monoisotopic (exact) mass is 243 g/mol. The number of benzene rings is 1. The molecule has 15 heavy (non-hydrogen) atoms. The molecule has 0 radical (unpaired) electrons. The molecule has 1 aromatic rings. The van der Waals surface area contributed by atoms with Gasteiger partial charge in [-0.15, -0.1) is 11.8 Å². The molecule has 0 aliphatic heterocycles. The van der Waals surface area contributed by atoms with E-state index in [1.807, 2.05) is 24.9 Å². The molecule has 0 fully saturated rings. The molecule has 1 nitrogen and oxygen atoms in total.